The summed E-state index contributed by atoms with van der Waals surface area (Å²) in [7, 11) is 0. The summed E-state index contributed by atoms with van der Waals surface area (Å²) in [6.07, 6.45) is 5.51. The maximum absolute atomic E-state index is 12.1. The zero-order valence-corrected chi connectivity index (χ0v) is 11.0. The zero-order valence-electron chi connectivity index (χ0n) is 11.0. The van der Waals surface area contributed by atoms with Crippen LogP contribution in [0.1, 0.15) is 38.2 Å². The Labute approximate surface area is 109 Å². The number of aryl methyl sites for hydroxylation is 1. The fourth-order valence-electron chi connectivity index (χ4n) is 2.31. The van der Waals surface area contributed by atoms with E-state index in [-0.39, 0.29) is 11.9 Å². The molecule has 98 valence electrons. The number of carbonyl (C=O) groups excluding carboxylic acids is 1. The molecular weight excluding hydrogens is 224 g/mol. The van der Waals surface area contributed by atoms with Crippen LogP contribution in [0, 0.1) is 0 Å². The van der Waals surface area contributed by atoms with Crippen molar-refractivity contribution in [1.82, 2.24) is 5.32 Å². The molecule has 0 spiro atoms. The molecule has 1 aliphatic rings. The van der Waals surface area contributed by atoms with E-state index in [2.05, 4.69) is 29.7 Å². The second kappa shape index (κ2) is 6.55. The van der Waals surface area contributed by atoms with Crippen molar-refractivity contribution in [3.8, 4) is 0 Å². The van der Waals surface area contributed by atoms with Gasteiger partial charge in [-0.2, -0.15) is 0 Å². The van der Waals surface area contributed by atoms with E-state index >= 15 is 0 Å². The van der Waals surface area contributed by atoms with Crippen LogP contribution in [0.25, 0.3) is 0 Å². The summed E-state index contributed by atoms with van der Waals surface area (Å²) in [4.78, 5) is 12.1. The van der Waals surface area contributed by atoms with E-state index in [9.17, 15) is 4.79 Å². The van der Waals surface area contributed by atoms with Gasteiger partial charge in [0.1, 0.15) is 0 Å². The van der Waals surface area contributed by atoms with Crippen LogP contribution in [0.5, 0.6) is 0 Å². The summed E-state index contributed by atoms with van der Waals surface area (Å²) in [5.41, 5.74) is 2.18. The van der Waals surface area contributed by atoms with Crippen LogP contribution >= 0.6 is 0 Å². The Hall–Kier alpha value is -1.35. The molecule has 0 saturated carbocycles. The molecule has 1 amide bonds. The molecule has 1 atom stereocenters. The minimum atomic E-state index is -0.0293. The normalized spacial score (nSPS) is 20.2. The van der Waals surface area contributed by atoms with Gasteiger partial charge in [-0.1, -0.05) is 31.9 Å². The smallest absolute Gasteiger partial charge is 0.241 e. The third-order valence-corrected chi connectivity index (χ3v) is 3.51. The van der Waals surface area contributed by atoms with Gasteiger partial charge in [-0.3, -0.25) is 4.79 Å². The van der Waals surface area contributed by atoms with Gasteiger partial charge < -0.3 is 10.6 Å². The lowest BCUT2D eigenvalue weighted by Crippen LogP contribution is -2.39. The molecule has 1 saturated heterocycles. The molecule has 18 heavy (non-hydrogen) atoms. The summed E-state index contributed by atoms with van der Waals surface area (Å²) in [5, 5.41) is 6.30. The SMILES string of the molecule is CCc1ccc(NC(=O)C2CCCCCN2)cc1. The molecule has 1 heterocycles. The fourth-order valence-corrected chi connectivity index (χ4v) is 2.31. The molecule has 0 aromatic heterocycles. The number of carbonyl (C=O) groups is 1. The van der Waals surface area contributed by atoms with E-state index in [1.165, 1.54) is 18.4 Å². The first kappa shape index (κ1) is 13.1. The molecule has 2 rings (SSSR count). The lowest BCUT2D eigenvalue weighted by molar-refractivity contribution is -0.118. The molecule has 0 radical (unpaired) electrons. The standard InChI is InChI=1S/C15H22N2O/c1-2-12-7-9-13(10-8-12)17-15(18)14-6-4-3-5-11-16-14/h7-10,14,16H,2-6,11H2,1H3,(H,17,18). The molecule has 3 nitrogen and oxygen atoms in total. The van der Waals surface area contributed by atoms with Gasteiger partial charge >= 0.3 is 0 Å². The third kappa shape index (κ3) is 3.57. The van der Waals surface area contributed by atoms with Gasteiger partial charge in [-0.15, -0.1) is 0 Å². The highest BCUT2D eigenvalue weighted by Crippen LogP contribution is 2.13. The summed E-state index contributed by atoms with van der Waals surface area (Å²) < 4.78 is 0. The van der Waals surface area contributed by atoms with Crippen molar-refractivity contribution < 1.29 is 4.79 Å². The van der Waals surface area contributed by atoms with Crippen LogP contribution in [0.15, 0.2) is 24.3 Å². The van der Waals surface area contributed by atoms with Crippen molar-refractivity contribution in [2.45, 2.75) is 45.1 Å². The Balaban J connectivity index is 1.92. The maximum atomic E-state index is 12.1. The lowest BCUT2D eigenvalue weighted by atomic mass is 10.1. The molecule has 1 aromatic rings. The average Bonchev–Trinajstić information content (AvgIpc) is 2.68. The Bertz CT molecular complexity index is 378. The Morgan fingerprint density at radius 3 is 2.78 bits per heavy atom. The van der Waals surface area contributed by atoms with Crippen LogP contribution in [0.3, 0.4) is 0 Å². The largest absolute Gasteiger partial charge is 0.325 e. The molecule has 1 aromatic carbocycles. The van der Waals surface area contributed by atoms with Crippen molar-refractivity contribution >= 4 is 11.6 Å². The van der Waals surface area contributed by atoms with Gasteiger partial charge in [-0.25, -0.2) is 0 Å². The number of hydrogen-bond acceptors (Lipinski definition) is 2. The van der Waals surface area contributed by atoms with Gasteiger partial charge in [0.15, 0.2) is 0 Å². The van der Waals surface area contributed by atoms with Crippen molar-refractivity contribution in [3.05, 3.63) is 29.8 Å². The quantitative estimate of drug-likeness (QED) is 0.861. The van der Waals surface area contributed by atoms with Crippen molar-refractivity contribution in [2.75, 3.05) is 11.9 Å². The molecule has 3 heteroatoms. The number of amides is 1. The van der Waals surface area contributed by atoms with Gasteiger partial charge in [0.25, 0.3) is 0 Å². The van der Waals surface area contributed by atoms with E-state index in [1.807, 2.05) is 12.1 Å². The van der Waals surface area contributed by atoms with Gasteiger partial charge in [0, 0.05) is 5.69 Å². The predicted octanol–water partition coefficient (Wildman–Crippen LogP) is 2.72. The number of anilines is 1. The van der Waals surface area contributed by atoms with Crippen molar-refractivity contribution in [1.29, 1.82) is 0 Å². The van der Waals surface area contributed by atoms with E-state index in [4.69, 9.17) is 0 Å². The van der Waals surface area contributed by atoms with Gasteiger partial charge in [-0.05, 0) is 43.5 Å². The monoisotopic (exact) mass is 246 g/mol. The number of hydrogen-bond donors (Lipinski definition) is 2. The van der Waals surface area contributed by atoms with E-state index < -0.39 is 0 Å². The fraction of sp³-hybridized carbons (Fsp3) is 0.533. The highest BCUT2D eigenvalue weighted by atomic mass is 16.2. The first-order valence-electron chi connectivity index (χ1n) is 6.93. The number of benzene rings is 1. The zero-order chi connectivity index (χ0) is 12.8. The van der Waals surface area contributed by atoms with Crippen LogP contribution < -0.4 is 10.6 Å². The summed E-state index contributed by atoms with van der Waals surface area (Å²) in [5.74, 6) is 0.0983. The molecule has 2 N–H and O–H groups in total. The number of nitrogens with one attached hydrogen (secondary N) is 2. The second-order valence-corrected chi connectivity index (χ2v) is 4.90. The highest BCUT2D eigenvalue weighted by molar-refractivity contribution is 5.94. The van der Waals surface area contributed by atoms with Crippen LogP contribution in [-0.2, 0) is 11.2 Å². The number of rotatable bonds is 3. The minimum Gasteiger partial charge on any atom is -0.325 e. The van der Waals surface area contributed by atoms with Crippen molar-refractivity contribution in [2.24, 2.45) is 0 Å². The lowest BCUT2D eigenvalue weighted by Gasteiger charge is -2.15. The van der Waals surface area contributed by atoms with Crippen LogP contribution in [0.4, 0.5) is 5.69 Å². The highest BCUT2D eigenvalue weighted by Gasteiger charge is 2.19. The van der Waals surface area contributed by atoms with Crippen molar-refractivity contribution in [3.63, 3.8) is 0 Å². The van der Waals surface area contributed by atoms with Gasteiger partial charge in [0.05, 0.1) is 6.04 Å². The third-order valence-electron chi connectivity index (χ3n) is 3.51. The van der Waals surface area contributed by atoms with Crippen LogP contribution in [-0.4, -0.2) is 18.5 Å². The van der Waals surface area contributed by atoms with Gasteiger partial charge in [0.2, 0.25) is 5.91 Å². The molecule has 0 aliphatic carbocycles. The topological polar surface area (TPSA) is 41.1 Å². The summed E-state index contributed by atoms with van der Waals surface area (Å²) >= 11 is 0. The van der Waals surface area contributed by atoms with Crippen LogP contribution in [0.2, 0.25) is 0 Å². The molecular formula is C15H22N2O. The first-order valence-corrected chi connectivity index (χ1v) is 6.93. The molecule has 0 bridgehead atoms. The summed E-state index contributed by atoms with van der Waals surface area (Å²) in [6, 6.07) is 8.06. The minimum absolute atomic E-state index is 0.0293. The Kier molecular flexibility index (Phi) is 4.76. The Morgan fingerprint density at radius 2 is 2.06 bits per heavy atom. The average molecular weight is 246 g/mol. The predicted molar refractivity (Wildman–Crippen MR) is 74.7 cm³/mol. The van der Waals surface area contributed by atoms with E-state index in [0.717, 1.165) is 31.5 Å². The molecule has 1 aliphatic heterocycles. The Morgan fingerprint density at radius 1 is 1.28 bits per heavy atom. The maximum Gasteiger partial charge on any atom is 0.241 e. The first-order chi connectivity index (χ1) is 8.79. The van der Waals surface area contributed by atoms with E-state index in [0.29, 0.717) is 0 Å². The summed E-state index contributed by atoms with van der Waals surface area (Å²) in [6.45, 7) is 3.08. The van der Waals surface area contributed by atoms with E-state index in [1.54, 1.807) is 0 Å². The molecule has 1 unspecified atom stereocenters. The second-order valence-electron chi connectivity index (χ2n) is 4.90. The molecule has 1 fully saturated rings.